The van der Waals surface area contributed by atoms with E-state index in [4.69, 9.17) is 9.97 Å². The van der Waals surface area contributed by atoms with E-state index >= 15 is 0 Å². The largest absolute Gasteiger partial charge is 0.508 e. The highest BCUT2D eigenvalue weighted by Gasteiger charge is 2.23. The molecule has 0 aliphatic heterocycles. The number of rotatable bonds is 7. The van der Waals surface area contributed by atoms with Gasteiger partial charge in [0, 0.05) is 40.2 Å². The number of amides is 1. The third-order valence-corrected chi connectivity index (χ3v) is 7.35. The average Bonchev–Trinajstić information content (AvgIpc) is 3.38. The van der Waals surface area contributed by atoms with Crippen LogP contribution >= 0.6 is 0 Å². The predicted octanol–water partition coefficient (Wildman–Crippen LogP) is 6.19. The molecular formula is C34H28N4O4. The number of carboxylic acids is 1. The molecule has 0 bridgehead atoms. The highest BCUT2D eigenvalue weighted by atomic mass is 16.4. The molecule has 42 heavy (non-hydrogen) atoms. The number of aryl methyl sites for hydroxylation is 2. The quantitative estimate of drug-likeness (QED) is 0.186. The average molecular weight is 557 g/mol. The highest BCUT2D eigenvalue weighted by molar-refractivity contribution is 6.00. The number of aliphatic carboxylic acids is 1. The second-order valence-corrected chi connectivity index (χ2v) is 10.5. The molecule has 2 aromatic heterocycles. The molecule has 2 heterocycles. The van der Waals surface area contributed by atoms with Crippen molar-refractivity contribution in [2.45, 2.75) is 26.3 Å². The van der Waals surface area contributed by atoms with E-state index in [2.05, 4.69) is 10.3 Å². The van der Waals surface area contributed by atoms with Gasteiger partial charge in [-0.15, -0.1) is 0 Å². The fourth-order valence-corrected chi connectivity index (χ4v) is 5.02. The minimum absolute atomic E-state index is 0.0371. The SMILES string of the molecule is Cc1ccc(-c2nc3ccc(C(=O)N[C@@H](Cc4c[nH]c5ccc(O)cc45)C(=O)O)cc3nc2-c2ccc(C)cc2)cc1. The van der Waals surface area contributed by atoms with Crippen molar-refractivity contribution < 1.29 is 19.8 Å². The number of aromatic amines is 1. The Morgan fingerprint density at radius 1 is 0.810 bits per heavy atom. The topological polar surface area (TPSA) is 128 Å². The summed E-state index contributed by atoms with van der Waals surface area (Å²) in [6.45, 7) is 4.05. The molecule has 4 N–H and O–H groups in total. The van der Waals surface area contributed by atoms with E-state index in [0.717, 1.165) is 33.5 Å². The van der Waals surface area contributed by atoms with Gasteiger partial charge < -0.3 is 20.5 Å². The summed E-state index contributed by atoms with van der Waals surface area (Å²) in [6, 6.07) is 24.8. The minimum atomic E-state index is -1.19. The van der Waals surface area contributed by atoms with E-state index in [1.165, 1.54) is 0 Å². The number of carbonyl (C=O) groups excluding carboxylic acids is 1. The highest BCUT2D eigenvalue weighted by Crippen LogP contribution is 2.32. The zero-order valence-corrected chi connectivity index (χ0v) is 23.1. The Balaban J connectivity index is 1.34. The summed E-state index contributed by atoms with van der Waals surface area (Å²) in [5.41, 5.74) is 8.37. The van der Waals surface area contributed by atoms with Gasteiger partial charge in [0.2, 0.25) is 0 Å². The van der Waals surface area contributed by atoms with Crippen LogP contribution in [-0.4, -0.2) is 43.1 Å². The number of phenols is 1. The summed E-state index contributed by atoms with van der Waals surface area (Å²) < 4.78 is 0. The summed E-state index contributed by atoms with van der Waals surface area (Å²) in [6.07, 6.45) is 1.73. The van der Waals surface area contributed by atoms with Gasteiger partial charge in [0.15, 0.2) is 0 Å². The third kappa shape index (κ3) is 5.30. The van der Waals surface area contributed by atoms with Gasteiger partial charge in [-0.1, -0.05) is 59.7 Å². The van der Waals surface area contributed by atoms with Crippen molar-refractivity contribution in [2.75, 3.05) is 0 Å². The van der Waals surface area contributed by atoms with Crippen LogP contribution in [-0.2, 0) is 11.2 Å². The number of H-pyrrole nitrogens is 1. The summed E-state index contributed by atoms with van der Waals surface area (Å²) >= 11 is 0. The number of carbonyl (C=O) groups is 2. The first-order valence-corrected chi connectivity index (χ1v) is 13.5. The Morgan fingerprint density at radius 3 is 2.05 bits per heavy atom. The lowest BCUT2D eigenvalue weighted by atomic mass is 10.0. The molecule has 0 aliphatic carbocycles. The van der Waals surface area contributed by atoms with Gasteiger partial charge in [-0.3, -0.25) is 4.79 Å². The van der Waals surface area contributed by atoms with Crippen molar-refractivity contribution in [3.63, 3.8) is 0 Å². The van der Waals surface area contributed by atoms with E-state index in [1.54, 1.807) is 42.6 Å². The second kappa shape index (κ2) is 10.8. The summed E-state index contributed by atoms with van der Waals surface area (Å²) in [5, 5.41) is 23.1. The van der Waals surface area contributed by atoms with Crippen molar-refractivity contribution in [3.8, 4) is 28.3 Å². The molecule has 208 valence electrons. The number of nitrogens with zero attached hydrogens (tertiary/aromatic N) is 2. The van der Waals surface area contributed by atoms with Gasteiger partial charge in [0.05, 0.1) is 22.4 Å². The monoisotopic (exact) mass is 556 g/mol. The Morgan fingerprint density at radius 2 is 1.43 bits per heavy atom. The van der Waals surface area contributed by atoms with Gasteiger partial charge in [0.1, 0.15) is 11.8 Å². The number of hydrogen-bond acceptors (Lipinski definition) is 5. The lowest BCUT2D eigenvalue weighted by molar-refractivity contribution is -0.139. The van der Waals surface area contributed by atoms with Crippen LogP contribution in [0.25, 0.3) is 44.5 Å². The molecule has 0 fully saturated rings. The van der Waals surface area contributed by atoms with Crippen molar-refractivity contribution >= 4 is 33.8 Å². The molecule has 1 amide bonds. The number of benzene rings is 4. The summed E-state index contributed by atoms with van der Waals surface area (Å²) in [7, 11) is 0. The molecule has 0 radical (unpaired) electrons. The Labute approximate surface area is 241 Å². The maximum atomic E-state index is 13.3. The molecule has 0 saturated carbocycles. The van der Waals surface area contributed by atoms with Gasteiger partial charge in [0.25, 0.3) is 5.91 Å². The number of hydrogen-bond donors (Lipinski definition) is 4. The van der Waals surface area contributed by atoms with E-state index in [1.807, 2.05) is 62.4 Å². The normalized spacial score (nSPS) is 12.0. The third-order valence-electron chi connectivity index (χ3n) is 7.35. The number of carboxylic acid groups (broad SMARTS) is 1. The lowest BCUT2D eigenvalue weighted by Gasteiger charge is -2.15. The zero-order valence-electron chi connectivity index (χ0n) is 23.1. The Kier molecular flexibility index (Phi) is 6.88. The second-order valence-electron chi connectivity index (χ2n) is 10.5. The van der Waals surface area contributed by atoms with Crippen LogP contribution in [0.4, 0.5) is 0 Å². The van der Waals surface area contributed by atoms with Crippen LogP contribution in [0.1, 0.15) is 27.0 Å². The maximum Gasteiger partial charge on any atom is 0.326 e. The van der Waals surface area contributed by atoms with Crippen molar-refractivity contribution in [1.82, 2.24) is 20.3 Å². The molecule has 6 aromatic rings. The van der Waals surface area contributed by atoms with E-state index in [0.29, 0.717) is 27.7 Å². The number of phenolic OH excluding ortho intramolecular Hbond substituents is 1. The van der Waals surface area contributed by atoms with Crippen molar-refractivity contribution in [1.29, 1.82) is 0 Å². The number of aromatic hydroxyl groups is 1. The first-order valence-electron chi connectivity index (χ1n) is 13.5. The van der Waals surface area contributed by atoms with E-state index in [-0.39, 0.29) is 17.7 Å². The fourth-order valence-electron chi connectivity index (χ4n) is 5.02. The van der Waals surface area contributed by atoms with Crippen LogP contribution in [0.15, 0.2) is 91.1 Å². The van der Waals surface area contributed by atoms with Crippen LogP contribution < -0.4 is 5.32 Å². The van der Waals surface area contributed by atoms with Gasteiger partial charge in [-0.2, -0.15) is 0 Å². The Hall–Kier alpha value is -5.50. The maximum absolute atomic E-state index is 13.3. The molecule has 0 aliphatic rings. The van der Waals surface area contributed by atoms with Crippen LogP contribution in [0, 0.1) is 13.8 Å². The molecule has 0 spiro atoms. The lowest BCUT2D eigenvalue weighted by Crippen LogP contribution is -2.42. The molecule has 1 atom stereocenters. The fraction of sp³-hybridized carbons (Fsp3) is 0.118. The minimum Gasteiger partial charge on any atom is -0.508 e. The molecule has 0 saturated heterocycles. The molecule has 4 aromatic carbocycles. The van der Waals surface area contributed by atoms with Gasteiger partial charge in [-0.25, -0.2) is 14.8 Å². The number of aromatic nitrogens is 3. The van der Waals surface area contributed by atoms with Crippen molar-refractivity contribution in [3.05, 3.63) is 113 Å². The summed E-state index contributed by atoms with van der Waals surface area (Å²) in [4.78, 5) is 38.4. The van der Waals surface area contributed by atoms with Gasteiger partial charge >= 0.3 is 5.97 Å². The van der Waals surface area contributed by atoms with Crippen LogP contribution in [0.3, 0.4) is 0 Å². The standard InChI is InChI=1S/C34H28N4O4/c1-19-3-7-21(8-4-19)31-32(22-9-5-20(2)6-10-22)37-29-15-23(11-13-28(29)36-31)33(40)38-30(34(41)42)16-24-18-35-27-14-12-25(39)17-26(24)27/h3-15,17-18,30,35,39H,16H2,1-2H3,(H,38,40)(H,41,42)/t30-/m0/s1. The van der Waals surface area contributed by atoms with E-state index < -0.39 is 17.9 Å². The smallest absolute Gasteiger partial charge is 0.326 e. The van der Waals surface area contributed by atoms with E-state index in [9.17, 15) is 19.8 Å². The van der Waals surface area contributed by atoms with Crippen LogP contribution in [0.2, 0.25) is 0 Å². The Bertz CT molecular complexity index is 1960. The molecule has 6 rings (SSSR count). The van der Waals surface area contributed by atoms with Gasteiger partial charge in [-0.05, 0) is 55.8 Å². The van der Waals surface area contributed by atoms with Crippen LogP contribution in [0.5, 0.6) is 5.75 Å². The molecule has 8 heteroatoms. The first kappa shape index (κ1) is 26.7. The first-order chi connectivity index (χ1) is 20.2. The summed E-state index contributed by atoms with van der Waals surface area (Å²) in [5.74, 6) is -1.62. The number of nitrogens with one attached hydrogen (secondary N) is 2. The predicted molar refractivity (Wildman–Crippen MR) is 162 cm³/mol. The zero-order chi connectivity index (χ0) is 29.4. The molecule has 8 nitrogen and oxygen atoms in total. The number of fused-ring (bicyclic) bond motifs is 2. The molecule has 0 unspecified atom stereocenters. The molecular weight excluding hydrogens is 528 g/mol. The van der Waals surface area contributed by atoms with Crippen molar-refractivity contribution in [2.24, 2.45) is 0 Å².